The molecule has 1 atom stereocenters. The van der Waals surface area contributed by atoms with Gasteiger partial charge in [-0.05, 0) is 44.0 Å². The van der Waals surface area contributed by atoms with Crippen LogP contribution in [0.5, 0.6) is 0 Å². The molecule has 0 aliphatic heterocycles. The number of nitrogens with zero attached hydrogens (tertiary/aromatic N) is 3. The first kappa shape index (κ1) is 19.5. The molecule has 0 bridgehead atoms. The molecule has 0 aliphatic carbocycles. The predicted octanol–water partition coefficient (Wildman–Crippen LogP) is 4.87. The van der Waals surface area contributed by atoms with Gasteiger partial charge in [-0.2, -0.15) is 0 Å². The fraction of sp³-hybridized carbons (Fsp3) is 0.250. The molecule has 140 valence electrons. The van der Waals surface area contributed by atoms with Gasteiger partial charge in [-0.3, -0.25) is 4.79 Å². The quantitative estimate of drug-likeness (QED) is 0.620. The molecule has 27 heavy (non-hydrogen) atoms. The Bertz CT molecular complexity index is 986. The molecule has 0 aliphatic rings. The summed E-state index contributed by atoms with van der Waals surface area (Å²) in [4.78, 5) is 12.6. The van der Waals surface area contributed by atoms with Gasteiger partial charge in [0.2, 0.25) is 5.91 Å². The lowest BCUT2D eigenvalue weighted by molar-refractivity contribution is -0.115. The van der Waals surface area contributed by atoms with Crippen LogP contribution in [0.25, 0.3) is 11.4 Å². The van der Waals surface area contributed by atoms with Crippen LogP contribution in [0.4, 0.5) is 5.69 Å². The SMILES string of the molecule is Cc1ccc(Cl)cc1NC(=O)[C@H](C)Sc1nnc(-c2ccccc2C)n1C. The van der Waals surface area contributed by atoms with Gasteiger partial charge in [0.1, 0.15) is 0 Å². The van der Waals surface area contributed by atoms with E-state index in [0.29, 0.717) is 10.2 Å². The first-order chi connectivity index (χ1) is 12.9. The summed E-state index contributed by atoms with van der Waals surface area (Å²) in [5.74, 6) is 0.680. The van der Waals surface area contributed by atoms with Gasteiger partial charge in [0.25, 0.3) is 0 Å². The van der Waals surface area contributed by atoms with Crippen LogP contribution < -0.4 is 5.32 Å². The normalized spacial score (nSPS) is 12.0. The fourth-order valence-electron chi connectivity index (χ4n) is 2.65. The number of rotatable bonds is 5. The number of hydrogen-bond donors (Lipinski definition) is 1. The van der Waals surface area contributed by atoms with Crippen LogP contribution in [-0.2, 0) is 11.8 Å². The highest BCUT2D eigenvalue weighted by Crippen LogP contribution is 2.28. The molecule has 1 heterocycles. The summed E-state index contributed by atoms with van der Waals surface area (Å²) in [6.07, 6.45) is 0. The number of thioether (sulfide) groups is 1. The Morgan fingerprint density at radius 1 is 1.15 bits per heavy atom. The second-order valence-corrected chi connectivity index (χ2v) is 8.13. The zero-order valence-electron chi connectivity index (χ0n) is 15.7. The predicted molar refractivity (Wildman–Crippen MR) is 111 cm³/mol. The molecule has 7 heteroatoms. The summed E-state index contributed by atoms with van der Waals surface area (Å²) >= 11 is 7.40. The van der Waals surface area contributed by atoms with Crippen LogP contribution in [0, 0.1) is 13.8 Å². The van der Waals surface area contributed by atoms with E-state index in [4.69, 9.17) is 11.6 Å². The maximum atomic E-state index is 12.6. The highest BCUT2D eigenvalue weighted by molar-refractivity contribution is 8.00. The molecular formula is C20H21ClN4OS. The van der Waals surface area contributed by atoms with Crippen LogP contribution in [0.1, 0.15) is 18.1 Å². The van der Waals surface area contributed by atoms with E-state index in [-0.39, 0.29) is 11.2 Å². The Morgan fingerprint density at radius 3 is 2.63 bits per heavy atom. The largest absolute Gasteiger partial charge is 0.325 e. The molecule has 3 rings (SSSR count). The minimum Gasteiger partial charge on any atom is -0.325 e. The number of aromatic nitrogens is 3. The van der Waals surface area contributed by atoms with Crippen molar-refractivity contribution in [1.82, 2.24) is 14.8 Å². The summed E-state index contributed by atoms with van der Waals surface area (Å²) in [5, 5.41) is 12.5. The van der Waals surface area contributed by atoms with Crippen molar-refractivity contribution in [1.29, 1.82) is 0 Å². The molecule has 0 radical (unpaired) electrons. The van der Waals surface area contributed by atoms with Crippen LogP contribution >= 0.6 is 23.4 Å². The zero-order chi connectivity index (χ0) is 19.6. The molecule has 0 saturated heterocycles. The van der Waals surface area contributed by atoms with Gasteiger partial charge in [-0.1, -0.05) is 53.7 Å². The molecule has 0 spiro atoms. The van der Waals surface area contributed by atoms with Crippen molar-refractivity contribution >= 4 is 35.0 Å². The van der Waals surface area contributed by atoms with Crippen LogP contribution in [-0.4, -0.2) is 25.9 Å². The summed E-state index contributed by atoms with van der Waals surface area (Å²) in [6.45, 7) is 5.82. The number of nitrogens with one attached hydrogen (secondary N) is 1. The average molecular weight is 401 g/mol. The highest BCUT2D eigenvalue weighted by Gasteiger charge is 2.20. The number of benzene rings is 2. The highest BCUT2D eigenvalue weighted by atomic mass is 35.5. The number of aryl methyl sites for hydroxylation is 2. The van der Waals surface area contributed by atoms with Crippen molar-refractivity contribution < 1.29 is 4.79 Å². The Hall–Kier alpha value is -2.31. The summed E-state index contributed by atoms with van der Waals surface area (Å²) in [6, 6.07) is 13.5. The molecule has 5 nitrogen and oxygen atoms in total. The molecule has 0 saturated carbocycles. The molecule has 0 unspecified atom stereocenters. The average Bonchev–Trinajstić information content (AvgIpc) is 2.99. The maximum absolute atomic E-state index is 12.6. The molecule has 1 amide bonds. The lowest BCUT2D eigenvalue weighted by Gasteiger charge is -2.13. The van der Waals surface area contributed by atoms with Gasteiger partial charge in [0.05, 0.1) is 5.25 Å². The third-order valence-electron chi connectivity index (χ3n) is 4.33. The third kappa shape index (κ3) is 4.34. The van der Waals surface area contributed by atoms with Gasteiger partial charge in [-0.25, -0.2) is 0 Å². The van der Waals surface area contributed by atoms with Crippen molar-refractivity contribution in [3.05, 3.63) is 58.6 Å². The van der Waals surface area contributed by atoms with Gasteiger partial charge >= 0.3 is 0 Å². The van der Waals surface area contributed by atoms with E-state index in [1.54, 1.807) is 12.1 Å². The fourth-order valence-corrected chi connectivity index (χ4v) is 3.64. The number of carbonyl (C=O) groups excluding carboxylic acids is 1. The number of hydrogen-bond acceptors (Lipinski definition) is 4. The Kier molecular flexibility index (Phi) is 5.87. The minimum absolute atomic E-state index is 0.106. The first-order valence-corrected chi connectivity index (χ1v) is 9.81. The lowest BCUT2D eigenvalue weighted by Crippen LogP contribution is -2.23. The number of halogens is 1. The summed E-state index contributed by atoms with van der Waals surface area (Å²) < 4.78 is 1.92. The Labute approximate surface area is 168 Å². The van der Waals surface area contributed by atoms with E-state index in [1.807, 2.05) is 62.7 Å². The summed E-state index contributed by atoms with van der Waals surface area (Å²) in [7, 11) is 1.91. The molecule has 2 aromatic carbocycles. The van der Waals surface area contributed by atoms with E-state index in [9.17, 15) is 4.79 Å². The topological polar surface area (TPSA) is 59.8 Å². The molecular weight excluding hydrogens is 380 g/mol. The van der Waals surface area contributed by atoms with Crippen LogP contribution in [0.3, 0.4) is 0 Å². The molecule has 0 fully saturated rings. The van der Waals surface area contributed by atoms with Gasteiger partial charge in [-0.15, -0.1) is 10.2 Å². The van der Waals surface area contributed by atoms with E-state index < -0.39 is 0 Å². The van der Waals surface area contributed by atoms with Crippen molar-refractivity contribution in [2.45, 2.75) is 31.2 Å². The van der Waals surface area contributed by atoms with Crippen LogP contribution in [0.15, 0.2) is 47.6 Å². The second kappa shape index (κ2) is 8.15. The minimum atomic E-state index is -0.337. The van der Waals surface area contributed by atoms with Crippen LogP contribution in [0.2, 0.25) is 5.02 Å². The lowest BCUT2D eigenvalue weighted by atomic mass is 10.1. The van der Waals surface area contributed by atoms with E-state index in [0.717, 1.165) is 28.2 Å². The van der Waals surface area contributed by atoms with Crippen molar-refractivity contribution in [2.24, 2.45) is 7.05 Å². The zero-order valence-corrected chi connectivity index (χ0v) is 17.2. The van der Waals surface area contributed by atoms with Crippen molar-refractivity contribution in [3.8, 4) is 11.4 Å². The smallest absolute Gasteiger partial charge is 0.237 e. The van der Waals surface area contributed by atoms with Gasteiger partial charge in [0.15, 0.2) is 11.0 Å². The van der Waals surface area contributed by atoms with E-state index in [2.05, 4.69) is 15.5 Å². The Balaban J connectivity index is 1.75. The Morgan fingerprint density at radius 2 is 1.89 bits per heavy atom. The maximum Gasteiger partial charge on any atom is 0.237 e. The second-order valence-electron chi connectivity index (χ2n) is 6.39. The van der Waals surface area contributed by atoms with Crippen molar-refractivity contribution in [2.75, 3.05) is 5.32 Å². The van der Waals surface area contributed by atoms with Gasteiger partial charge in [0, 0.05) is 23.3 Å². The van der Waals surface area contributed by atoms with E-state index >= 15 is 0 Å². The number of anilines is 1. The molecule has 3 aromatic rings. The number of amides is 1. The molecule has 1 aromatic heterocycles. The standard InChI is InChI=1S/C20H21ClN4OS/c1-12-7-5-6-8-16(12)18-23-24-20(25(18)4)27-14(3)19(26)22-17-11-15(21)10-9-13(17)2/h5-11,14H,1-4H3,(H,22,26)/t14-/m0/s1. The summed E-state index contributed by atoms with van der Waals surface area (Å²) in [5.41, 5.74) is 3.85. The first-order valence-electron chi connectivity index (χ1n) is 8.56. The third-order valence-corrected chi connectivity index (χ3v) is 5.70. The molecule has 1 N–H and O–H groups in total. The van der Waals surface area contributed by atoms with Gasteiger partial charge < -0.3 is 9.88 Å². The van der Waals surface area contributed by atoms with Crippen molar-refractivity contribution in [3.63, 3.8) is 0 Å². The van der Waals surface area contributed by atoms with E-state index in [1.165, 1.54) is 11.8 Å². The number of carbonyl (C=O) groups is 1. The monoisotopic (exact) mass is 400 g/mol.